The van der Waals surface area contributed by atoms with Crippen molar-refractivity contribution in [2.75, 3.05) is 0 Å². The number of nitrogens with one attached hydrogen (secondary N) is 1. The van der Waals surface area contributed by atoms with E-state index in [0.29, 0.717) is 11.8 Å². The smallest absolute Gasteiger partial charge is 0.269 e. The van der Waals surface area contributed by atoms with Gasteiger partial charge in [-0.2, -0.15) is 5.10 Å². The van der Waals surface area contributed by atoms with E-state index in [1.165, 1.54) is 36.2 Å². The first-order chi connectivity index (χ1) is 17.3. The molecule has 2 N–H and O–H groups in total. The monoisotopic (exact) mass is 487 g/mol. The number of aliphatic hydroxyl groups is 1. The second kappa shape index (κ2) is 9.81. The molecule has 0 heterocycles. The van der Waals surface area contributed by atoms with Crippen molar-refractivity contribution in [3.05, 3.63) is 81.6 Å². The van der Waals surface area contributed by atoms with Crippen molar-refractivity contribution in [3.8, 4) is 0 Å². The maximum Gasteiger partial charge on any atom is 0.269 e. The van der Waals surface area contributed by atoms with Crippen LogP contribution in [0.3, 0.4) is 0 Å². The lowest BCUT2D eigenvalue weighted by Crippen LogP contribution is -2.50. The normalized spacial score (nSPS) is 35.9. The Labute approximate surface area is 213 Å². The van der Waals surface area contributed by atoms with E-state index in [1.807, 2.05) is 24.3 Å². The van der Waals surface area contributed by atoms with Gasteiger partial charge in [-0.05, 0) is 91.9 Å². The standard InChI is InChI=1S/C30H37N3O3/c1-29-17-15-24(34)20-22(29)9-12-25-26-13-14-28(30(26,2)18-16-27(25)29)32-31-19-5-3-4-6-21-7-10-23(11-8-21)33(35)36/h3-11,14,19,24-27,32,34H,12-13,15-18,20H2,1-2H3. The predicted molar refractivity (Wildman–Crippen MR) is 144 cm³/mol. The predicted octanol–water partition coefficient (Wildman–Crippen LogP) is 6.56. The van der Waals surface area contributed by atoms with Crippen LogP contribution in [0.2, 0.25) is 0 Å². The number of allylic oxidation sites excluding steroid dienone is 6. The third kappa shape index (κ3) is 4.47. The molecule has 6 heteroatoms. The summed E-state index contributed by atoms with van der Waals surface area (Å²) in [4.78, 5) is 10.4. The summed E-state index contributed by atoms with van der Waals surface area (Å²) in [5.74, 6) is 2.08. The third-order valence-electron chi connectivity index (χ3n) is 9.62. The van der Waals surface area contributed by atoms with Gasteiger partial charge in [0.1, 0.15) is 0 Å². The maximum atomic E-state index is 10.7. The minimum absolute atomic E-state index is 0.0965. The Morgan fingerprint density at radius 3 is 2.58 bits per heavy atom. The Bertz CT molecular complexity index is 1150. The average Bonchev–Trinajstić information content (AvgIpc) is 3.20. The number of nitrogens with zero attached hydrogens (tertiary/aromatic N) is 2. The Morgan fingerprint density at radius 2 is 1.81 bits per heavy atom. The zero-order valence-electron chi connectivity index (χ0n) is 21.3. The van der Waals surface area contributed by atoms with E-state index < -0.39 is 4.92 Å². The molecule has 4 aliphatic rings. The summed E-state index contributed by atoms with van der Waals surface area (Å²) in [6, 6.07) is 6.48. The fourth-order valence-corrected chi connectivity index (χ4v) is 7.52. The molecule has 190 valence electrons. The fraction of sp³-hybridized carbons (Fsp3) is 0.500. The number of nitro benzene ring substituents is 1. The number of benzene rings is 1. The molecule has 2 fully saturated rings. The molecule has 1 aromatic rings. The molecular weight excluding hydrogens is 450 g/mol. The van der Waals surface area contributed by atoms with Gasteiger partial charge in [-0.25, -0.2) is 0 Å². The van der Waals surface area contributed by atoms with Crippen LogP contribution in [0.15, 0.2) is 71.0 Å². The van der Waals surface area contributed by atoms with Crippen LogP contribution in [0.25, 0.3) is 6.08 Å². The molecule has 36 heavy (non-hydrogen) atoms. The van der Waals surface area contributed by atoms with Gasteiger partial charge in [0, 0.05) is 29.5 Å². The Kier molecular flexibility index (Phi) is 6.73. The minimum Gasteiger partial charge on any atom is -0.393 e. The van der Waals surface area contributed by atoms with Gasteiger partial charge in [0.2, 0.25) is 0 Å². The number of aliphatic hydroxyl groups excluding tert-OH is 1. The maximum absolute atomic E-state index is 10.7. The third-order valence-corrected chi connectivity index (χ3v) is 9.62. The summed E-state index contributed by atoms with van der Waals surface area (Å²) in [7, 11) is 0. The first kappa shape index (κ1) is 24.7. The van der Waals surface area contributed by atoms with Crippen molar-refractivity contribution in [2.24, 2.45) is 33.7 Å². The first-order valence-electron chi connectivity index (χ1n) is 13.3. The van der Waals surface area contributed by atoms with Gasteiger partial charge < -0.3 is 5.11 Å². The summed E-state index contributed by atoms with van der Waals surface area (Å²) in [5, 5.41) is 25.4. The molecule has 0 spiro atoms. The van der Waals surface area contributed by atoms with Crippen LogP contribution in [0.5, 0.6) is 0 Å². The van der Waals surface area contributed by atoms with Crippen LogP contribution in [0.4, 0.5) is 5.69 Å². The largest absolute Gasteiger partial charge is 0.393 e. The van der Waals surface area contributed by atoms with E-state index >= 15 is 0 Å². The highest BCUT2D eigenvalue weighted by atomic mass is 16.6. The van der Waals surface area contributed by atoms with Crippen molar-refractivity contribution in [1.29, 1.82) is 0 Å². The molecule has 0 aromatic heterocycles. The summed E-state index contributed by atoms with van der Waals surface area (Å²) >= 11 is 0. The Balaban J connectivity index is 1.17. The van der Waals surface area contributed by atoms with Gasteiger partial charge in [-0.3, -0.25) is 15.5 Å². The molecule has 5 rings (SSSR count). The lowest BCUT2D eigenvalue weighted by molar-refractivity contribution is -0.384. The minimum atomic E-state index is -0.393. The van der Waals surface area contributed by atoms with E-state index in [0.717, 1.165) is 43.6 Å². The van der Waals surface area contributed by atoms with Crippen molar-refractivity contribution < 1.29 is 10.0 Å². The van der Waals surface area contributed by atoms with E-state index in [1.54, 1.807) is 18.3 Å². The zero-order chi connectivity index (χ0) is 25.3. The van der Waals surface area contributed by atoms with Gasteiger partial charge in [0.15, 0.2) is 0 Å². The molecule has 4 aliphatic carbocycles. The summed E-state index contributed by atoms with van der Waals surface area (Å²) in [6.45, 7) is 4.89. The topological polar surface area (TPSA) is 87.8 Å². The molecular formula is C30H37N3O3. The van der Waals surface area contributed by atoms with Gasteiger partial charge in [-0.1, -0.05) is 49.8 Å². The van der Waals surface area contributed by atoms with Crippen molar-refractivity contribution in [1.82, 2.24) is 5.43 Å². The van der Waals surface area contributed by atoms with Gasteiger partial charge in [0.05, 0.1) is 11.0 Å². The summed E-state index contributed by atoms with van der Waals surface area (Å²) < 4.78 is 0. The number of rotatable bonds is 6. The highest BCUT2D eigenvalue weighted by Crippen LogP contribution is 2.64. The van der Waals surface area contributed by atoms with Gasteiger partial charge in [0.25, 0.3) is 5.69 Å². The van der Waals surface area contributed by atoms with Crippen LogP contribution >= 0.6 is 0 Å². The van der Waals surface area contributed by atoms with Crippen LogP contribution in [-0.4, -0.2) is 22.3 Å². The van der Waals surface area contributed by atoms with E-state index in [9.17, 15) is 15.2 Å². The molecule has 6 nitrogen and oxygen atoms in total. The summed E-state index contributed by atoms with van der Waals surface area (Å²) in [6.07, 6.45) is 21.7. The molecule has 0 amide bonds. The quantitative estimate of drug-likeness (QED) is 0.156. The highest BCUT2D eigenvalue weighted by Gasteiger charge is 2.56. The van der Waals surface area contributed by atoms with Crippen molar-refractivity contribution in [2.45, 2.75) is 64.9 Å². The number of hydrogen-bond donors (Lipinski definition) is 2. The lowest BCUT2D eigenvalue weighted by Gasteiger charge is -2.57. The number of hydrogen-bond acceptors (Lipinski definition) is 5. The SMILES string of the molecule is CC12CCC(O)CC1=CCC1C2CCC2(C)C(NN=CC=CC=Cc3ccc([N+](=O)[O-])cc3)=CCC12. The van der Waals surface area contributed by atoms with E-state index in [4.69, 9.17) is 0 Å². The number of fused-ring (bicyclic) bond motifs is 5. The van der Waals surface area contributed by atoms with Crippen LogP contribution in [-0.2, 0) is 0 Å². The molecule has 0 saturated heterocycles. The molecule has 1 aromatic carbocycles. The van der Waals surface area contributed by atoms with Crippen LogP contribution in [0, 0.1) is 38.7 Å². The molecule has 0 radical (unpaired) electrons. The van der Waals surface area contributed by atoms with Crippen molar-refractivity contribution in [3.63, 3.8) is 0 Å². The molecule has 6 atom stereocenters. The van der Waals surface area contributed by atoms with Crippen molar-refractivity contribution >= 4 is 18.0 Å². The number of nitro groups is 1. The molecule has 0 aliphatic heterocycles. The Hall–Kier alpha value is -2.99. The average molecular weight is 488 g/mol. The van der Waals surface area contributed by atoms with E-state index in [2.05, 4.69) is 36.5 Å². The lowest BCUT2D eigenvalue weighted by atomic mass is 9.48. The molecule has 2 saturated carbocycles. The Morgan fingerprint density at radius 1 is 1.03 bits per heavy atom. The molecule has 6 unspecified atom stereocenters. The number of non-ortho nitro benzene ring substituents is 1. The molecule has 0 bridgehead atoms. The second-order valence-electron chi connectivity index (χ2n) is 11.4. The van der Waals surface area contributed by atoms with Gasteiger partial charge in [-0.15, -0.1) is 0 Å². The second-order valence-corrected chi connectivity index (χ2v) is 11.4. The first-order valence-corrected chi connectivity index (χ1v) is 13.3. The fourth-order valence-electron chi connectivity index (χ4n) is 7.52. The van der Waals surface area contributed by atoms with Crippen LogP contribution < -0.4 is 5.43 Å². The highest BCUT2D eigenvalue weighted by molar-refractivity contribution is 5.71. The van der Waals surface area contributed by atoms with Gasteiger partial charge >= 0.3 is 0 Å². The number of hydrazone groups is 1. The summed E-state index contributed by atoms with van der Waals surface area (Å²) in [5.41, 5.74) is 7.56. The van der Waals surface area contributed by atoms with Crippen LogP contribution in [0.1, 0.15) is 64.4 Å². The zero-order valence-corrected chi connectivity index (χ0v) is 21.3. The van der Waals surface area contributed by atoms with E-state index in [-0.39, 0.29) is 22.6 Å².